The minimum atomic E-state index is -0.179. The molecule has 0 aliphatic rings. The predicted molar refractivity (Wildman–Crippen MR) is 100 cm³/mol. The Morgan fingerprint density at radius 3 is 2.42 bits per heavy atom. The van der Waals surface area contributed by atoms with Crippen LogP contribution in [0.25, 0.3) is 10.9 Å². The first-order valence-electron chi connectivity index (χ1n) is 8.48. The van der Waals surface area contributed by atoms with Crippen molar-refractivity contribution in [2.24, 2.45) is 0 Å². The van der Waals surface area contributed by atoms with Gasteiger partial charge in [-0.3, -0.25) is 14.8 Å². The van der Waals surface area contributed by atoms with Crippen molar-refractivity contribution in [2.45, 2.75) is 20.0 Å². The van der Waals surface area contributed by atoms with Crippen LogP contribution < -0.4 is 11.2 Å². The van der Waals surface area contributed by atoms with Crippen LogP contribution in [0.2, 0.25) is 0 Å². The molecule has 26 heavy (non-hydrogen) atoms. The molecule has 2 aromatic carbocycles. The van der Waals surface area contributed by atoms with Crippen LogP contribution in [0.15, 0.2) is 76.1 Å². The molecular formula is C21H19N3O2. The minimum absolute atomic E-state index is 0.158. The van der Waals surface area contributed by atoms with Gasteiger partial charge in [0.1, 0.15) is 5.76 Å². The zero-order valence-corrected chi connectivity index (χ0v) is 14.5. The van der Waals surface area contributed by atoms with E-state index in [-0.39, 0.29) is 17.7 Å². The molecule has 5 heteroatoms. The average molecular weight is 345 g/mol. The summed E-state index contributed by atoms with van der Waals surface area (Å²) in [5.41, 5.74) is 3.02. The molecule has 130 valence electrons. The number of benzene rings is 2. The van der Waals surface area contributed by atoms with Crippen molar-refractivity contribution in [2.75, 3.05) is 0 Å². The average Bonchev–Trinajstić information content (AvgIpc) is 3.17. The number of aromatic nitrogens is 2. The van der Waals surface area contributed by atoms with Gasteiger partial charge in [0.15, 0.2) is 0 Å². The maximum absolute atomic E-state index is 12.9. The van der Waals surface area contributed by atoms with Crippen molar-refractivity contribution in [3.8, 4) is 0 Å². The predicted octanol–water partition coefficient (Wildman–Crippen LogP) is 3.28. The largest absolute Gasteiger partial charge is 0.467 e. The normalized spacial score (nSPS) is 11.1. The Morgan fingerprint density at radius 2 is 1.69 bits per heavy atom. The van der Waals surface area contributed by atoms with Crippen LogP contribution in [0.5, 0.6) is 0 Å². The van der Waals surface area contributed by atoms with Gasteiger partial charge in [-0.15, -0.1) is 0 Å². The van der Waals surface area contributed by atoms with Crippen molar-refractivity contribution < 1.29 is 4.42 Å². The van der Waals surface area contributed by atoms with Crippen LogP contribution in [-0.4, -0.2) is 9.13 Å². The third kappa shape index (κ3) is 2.88. The van der Waals surface area contributed by atoms with E-state index in [1.165, 1.54) is 10.1 Å². The van der Waals surface area contributed by atoms with Gasteiger partial charge < -0.3 is 8.98 Å². The van der Waals surface area contributed by atoms with Crippen molar-refractivity contribution in [1.29, 1.82) is 5.41 Å². The summed E-state index contributed by atoms with van der Waals surface area (Å²) in [7, 11) is 0. The summed E-state index contributed by atoms with van der Waals surface area (Å²) in [6.45, 7) is 2.81. The molecule has 0 amide bonds. The molecule has 0 saturated carbocycles. The number of aryl methyl sites for hydroxylation is 1. The second-order valence-corrected chi connectivity index (χ2v) is 6.38. The molecular weight excluding hydrogens is 326 g/mol. The Kier molecular flexibility index (Phi) is 4.05. The molecule has 2 heterocycles. The van der Waals surface area contributed by atoms with Crippen LogP contribution in [-0.2, 0) is 13.1 Å². The molecule has 0 radical (unpaired) electrons. The monoisotopic (exact) mass is 345 g/mol. The highest BCUT2D eigenvalue weighted by molar-refractivity contribution is 5.77. The summed E-state index contributed by atoms with van der Waals surface area (Å²) < 4.78 is 8.70. The fraction of sp³-hybridized carbons (Fsp3) is 0.143. The SMILES string of the molecule is Cc1ccc(Cn2c(=N)n(Cc3ccco3)c(=O)c3ccccc32)cc1. The van der Waals surface area contributed by atoms with E-state index in [1.807, 2.05) is 35.8 Å². The topological polar surface area (TPSA) is 63.9 Å². The van der Waals surface area contributed by atoms with E-state index in [9.17, 15) is 4.79 Å². The Labute approximate surface area is 150 Å². The van der Waals surface area contributed by atoms with Gasteiger partial charge in [-0.2, -0.15) is 0 Å². The zero-order chi connectivity index (χ0) is 18.1. The fourth-order valence-electron chi connectivity index (χ4n) is 3.13. The molecule has 5 nitrogen and oxygen atoms in total. The number of fused-ring (bicyclic) bond motifs is 1. The first-order valence-corrected chi connectivity index (χ1v) is 8.48. The van der Waals surface area contributed by atoms with Crippen LogP contribution >= 0.6 is 0 Å². The number of para-hydroxylation sites is 1. The Hall–Kier alpha value is -3.34. The quantitative estimate of drug-likeness (QED) is 0.617. The molecule has 0 fully saturated rings. The smallest absolute Gasteiger partial charge is 0.263 e. The van der Waals surface area contributed by atoms with Gasteiger partial charge in [0.05, 0.1) is 30.3 Å². The molecule has 0 saturated heterocycles. The number of nitrogens with one attached hydrogen (secondary N) is 1. The molecule has 0 atom stereocenters. The third-order valence-electron chi connectivity index (χ3n) is 4.54. The zero-order valence-electron chi connectivity index (χ0n) is 14.5. The van der Waals surface area contributed by atoms with E-state index in [4.69, 9.17) is 9.83 Å². The van der Waals surface area contributed by atoms with Crippen LogP contribution in [0.3, 0.4) is 0 Å². The molecule has 2 aromatic heterocycles. The lowest BCUT2D eigenvalue weighted by molar-refractivity contribution is 0.474. The molecule has 4 rings (SSSR count). The van der Waals surface area contributed by atoms with Gasteiger partial charge in [-0.25, -0.2) is 0 Å². The standard InChI is InChI=1S/C21H19N3O2/c1-15-8-10-16(11-9-15)13-23-19-7-3-2-6-18(19)20(25)24(21(23)22)14-17-5-4-12-26-17/h2-12,22H,13-14H2,1H3. The van der Waals surface area contributed by atoms with Crippen LogP contribution in [0.1, 0.15) is 16.9 Å². The molecule has 0 aliphatic heterocycles. The number of hydrogen-bond acceptors (Lipinski definition) is 3. The number of nitrogens with zero attached hydrogens (tertiary/aromatic N) is 2. The first kappa shape index (κ1) is 16.1. The van der Waals surface area contributed by atoms with Gasteiger partial charge in [0.25, 0.3) is 5.56 Å². The van der Waals surface area contributed by atoms with Gasteiger partial charge in [-0.1, -0.05) is 42.0 Å². The van der Waals surface area contributed by atoms with E-state index < -0.39 is 0 Å². The molecule has 4 aromatic rings. The van der Waals surface area contributed by atoms with Gasteiger partial charge >= 0.3 is 0 Å². The molecule has 0 unspecified atom stereocenters. The summed E-state index contributed by atoms with van der Waals surface area (Å²) in [5.74, 6) is 0.651. The van der Waals surface area contributed by atoms with E-state index in [0.717, 1.165) is 11.1 Å². The summed E-state index contributed by atoms with van der Waals surface area (Å²) in [5, 5.41) is 9.25. The second kappa shape index (κ2) is 6.52. The summed E-state index contributed by atoms with van der Waals surface area (Å²) in [4.78, 5) is 12.9. The lowest BCUT2D eigenvalue weighted by Gasteiger charge is -2.15. The van der Waals surface area contributed by atoms with Gasteiger partial charge in [0, 0.05) is 0 Å². The lowest BCUT2D eigenvalue weighted by atomic mass is 10.1. The molecule has 1 N–H and O–H groups in total. The molecule has 0 bridgehead atoms. The maximum Gasteiger partial charge on any atom is 0.263 e. The highest BCUT2D eigenvalue weighted by Crippen LogP contribution is 2.12. The van der Waals surface area contributed by atoms with Crippen molar-refractivity contribution in [3.63, 3.8) is 0 Å². The van der Waals surface area contributed by atoms with Crippen molar-refractivity contribution in [3.05, 3.63) is 99.8 Å². The summed E-state index contributed by atoms with van der Waals surface area (Å²) in [6, 6.07) is 19.3. The fourth-order valence-corrected chi connectivity index (χ4v) is 3.13. The van der Waals surface area contributed by atoms with E-state index in [2.05, 4.69) is 24.3 Å². The third-order valence-corrected chi connectivity index (χ3v) is 4.54. The van der Waals surface area contributed by atoms with Crippen molar-refractivity contribution in [1.82, 2.24) is 9.13 Å². The Bertz CT molecular complexity index is 1170. The number of rotatable bonds is 4. The number of hydrogen-bond donors (Lipinski definition) is 1. The summed E-state index contributed by atoms with van der Waals surface area (Å²) >= 11 is 0. The minimum Gasteiger partial charge on any atom is -0.467 e. The highest BCUT2D eigenvalue weighted by atomic mass is 16.3. The second-order valence-electron chi connectivity index (χ2n) is 6.38. The molecule has 0 spiro atoms. The highest BCUT2D eigenvalue weighted by Gasteiger charge is 2.12. The maximum atomic E-state index is 12.9. The van der Waals surface area contributed by atoms with E-state index in [0.29, 0.717) is 17.7 Å². The van der Waals surface area contributed by atoms with Crippen molar-refractivity contribution >= 4 is 10.9 Å². The van der Waals surface area contributed by atoms with Crippen LogP contribution in [0.4, 0.5) is 0 Å². The van der Waals surface area contributed by atoms with E-state index >= 15 is 0 Å². The number of furan rings is 1. The molecule has 0 aliphatic carbocycles. The van der Waals surface area contributed by atoms with Gasteiger partial charge in [0.2, 0.25) is 5.62 Å². The Morgan fingerprint density at radius 1 is 0.923 bits per heavy atom. The van der Waals surface area contributed by atoms with E-state index in [1.54, 1.807) is 18.4 Å². The van der Waals surface area contributed by atoms with Crippen LogP contribution in [0, 0.1) is 12.3 Å². The van der Waals surface area contributed by atoms with Gasteiger partial charge in [-0.05, 0) is 36.8 Å². The summed E-state index contributed by atoms with van der Waals surface area (Å²) in [6.07, 6.45) is 1.57. The Balaban J connectivity index is 1.91. The lowest BCUT2D eigenvalue weighted by Crippen LogP contribution is -2.40. The first-order chi connectivity index (χ1) is 12.6.